The Morgan fingerprint density at radius 2 is 1.95 bits per heavy atom. The molecule has 0 unspecified atom stereocenters. The van der Waals surface area contributed by atoms with E-state index in [1.54, 1.807) is 6.92 Å². The molecule has 22 heavy (non-hydrogen) atoms. The van der Waals surface area contributed by atoms with Gasteiger partial charge in [0.2, 0.25) is 0 Å². The van der Waals surface area contributed by atoms with Gasteiger partial charge in [0.25, 0.3) is 0 Å². The summed E-state index contributed by atoms with van der Waals surface area (Å²) in [5.41, 5.74) is 5.94. The Labute approximate surface area is 126 Å². The molecule has 2 rings (SSSR count). The van der Waals surface area contributed by atoms with Crippen LogP contribution < -0.4 is 11.1 Å². The van der Waals surface area contributed by atoms with Crippen molar-refractivity contribution in [1.82, 2.24) is 9.97 Å². The van der Waals surface area contributed by atoms with Crippen molar-refractivity contribution in [1.29, 1.82) is 0 Å². The lowest BCUT2D eigenvalue weighted by molar-refractivity contribution is -0.137. The molecule has 0 atom stereocenters. The number of nitrogens with zero attached hydrogens (tertiary/aromatic N) is 2. The van der Waals surface area contributed by atoms with E-state index < -0.39 is 11.7 Å². The molecule has 0 saturated heterocycles. The average Bonchev–Trinajstić information content (AvgIpc) is 2.48. The molecule has 1 aromatic carbocycles. The second-order valence-corrected chi connectivity index (χ2v) is 4.81. The van der Waals surface area contributed by atoms with Crippen LogP contribution in [0.4, 0.5) is 18.9 Å². The van der Waals surface area contributed by atoms with Gasteiger partial charge in [0, 0.05) is 12.1 Å². The van der Waals surface area contributed by atoms with Gasteiger partial charge in [0.05, 0.1) is 23.1 Å². The van der Waals surface area contributed by atoms with Crippen molar-refractivity contribution < 1.29 is 13.2 Å². The monoisotopic (exact) mass is 310 g/mol. The van der Waals surface area contributed by atoms with E-state index in [0.717, 1.165) is 12.5 Å². The van der Waals surface area contributed by atoms with Crippen LogP contribution in [0.5, 0.6) is 0 Å². The molecule has 1 heterocycles. The molecule has 0 fully saturated rings. The maximum atomic E-state index is 13.0. The number of nitrogens with two attached hydrogens (primary N) is 1. The molecule has 0 aliphatic rings. The molecule has 1 aromatic heterocycles. The summed E-state index contributed by atoms with van der Waals surface area (Å²) in [6.45, 7) is 2.95. The Morgan fingerprint density at radius 3 is 2.59 bits per heavy atom. The van der Waals surface area contributed by atoms with Crippen LogP contribution in [0, 0.1) is 6.92 Å². The Hall–Kier alpha value is -2.15. The Balaban J connectivity index is 2.33. The number of alkyl halides is 3. The van der Waals surface area contributed by atoms with Crippen LogP contribution in [0.1, 0.15) is 17.7 Å². The summed E-state index contributed by atoms with van der Waals surface area (Å²) in [6, 6.07) is 5.29. The van der Waals surface area contributed by atoms with E-state index in [0.29, 0.717) is 24.5 Å². The quantitative estimate of drug-likeness (QED) is 0.832. The fraction of sp³-hybridized carbons (Fsp3) is 0.333. The number of halogens is 3. The summed E-state index contributed by atoms with van der Waals surface area (Å²) < 4.78 is 39.1. The highest BCUT2D eigenvalue weighted by atomic mass is 19.4. The summed E-state index contributed by atoms with van der Waals surface area (Å²) in [7, 11) is 0. The van der Waals surface area contributed by atoms with Crippen molar-refractivity contribution in [2.45, 2.75) is 19.5 Å². The maximum absolute atomic E-state index is 13.0. The van der Waals surface area contributed by atoms with Gasteiger partial charge < -0.3 is 11.1 Å². The second kappa shape index (κ2) is 6.74. The van der Waals surface area contributed by atoms with Crippen molar-refractivity contribution in [3.63, 3.8) is 0 Å². The fourth-order valence-corrected chi connectivity index (χ4v) is 2.02. The van der Waals surface area contributed by atoms with Crippen molar-refractivity contribution in [3.8, 4) is 11.4 Å². The summed E-state index contributed by atoms with van der Waals surface area (Å²) in [6.07, 6.45) is -2.15. The summed E-state index contributed by atoms with van der Waals surface area (Å²) in [5, 5.41) is 3.11. The van der Waals surface area contributed by atoms with E-state index in [1.165, 1.54) is 24.4 Å². The standard InChI is InChI=1S/C15H17F3N4/c1-10-13(20-8-4-7-19)9-21-14(22-10)11-5-2-3-6-12(11)15(16,17)18/h2-3,5-6,9,20H,4,7-8,19H2,1H3. The average molecular weight is 310 g/mol. The van der Waals surface area contributed by atoms with Crippen molar-refractivity contribution >= 4 is 5.69 Å². The van der Waals surface area contributed by atoms with Gasteiger partial charge in [-0.25, -0.2) is 9.97 Å². The number of benzene rings is 1. The first kappa shape index (κ1) is 16.2. The molecule has 118 valence electrons. The van der Waals surface area contributed by atoms with Crippen LogP contribution in [-0.2, 0) is 6.18 Å². The lowest BCUT2D eigenvalue weighted by atomic mass is 10.1. The fourth-order valence-electron chi connectivity index (χ4n) is 2.02. The molecule has 0 saturated carbocycles. The molecule has 4 nitrogen and oxygen atoms in total. The summed E-state index contributed by atoms with van der Waals surface area (Å²) in [4.78, 5) is 8.25. The molecule has 0 aliphatic heterocycles. The minimum atomic E-state index is -4.44. The molecule has 0 aliphatic carbocycles. The zero-order valence-corrected chi connectivity index (χ0v) is 12.1. The Morgan fingerprint density at radius 1 is 1.23 bits per heavy atom. The van der Waals surface area contributed by atoms with E-state index in [4.69, 9.17) is 5.73 Å². The number of anilines is 1. The van der Waals surface area contributed by atoms with Gasteiger partial charge in [-0.05, 0) is 26.0 Å². The van der Waals surface area contributed by atoms with Crippen molar-refractivity contribution in [2.24, 2.45) is 5.73 Å². The zero-order chi connectivity index (χ0) is 16.2. The molecular weight excluding hydrogens is 293 g/mol. The summed E-state index contributed by atoms with van der Waals surface area (Å²) >= 11 is 0. The molecule has 0 bridgehead atoms. The van der Waals surface area contributed by atoms with E-state index in [2.05, 4.69) is 15.3 Å². The number of hydrogen-bond acceptors (Lipinski definition) is 4. The normalized spacial score (nSPS) is 11.5. The smallest absolute Gasteiger partial charge is 0.382 e. The first-order valence-corrected chi connectivity index (χ1v) is 6.87. The topological polar surface area (TPSA) is 63.8 Å². The van der Waals surface area contributed by atoms with Gasteiger partial charge in [-0.2, -0.15) is 13.2 Å². The predicted octanol–water partition coefficient (Wildman–Crippen LogP) is 3.23. The van der Waals surface area contributed by atoms with E-state index >= 15 is 0 Å². The third kappa shape index (κ3) is 3.73. The maximum Gasteiger partial charge on any atom is 0.417 e. The Bertz CT molecular complexity index is 641. The first-order valence-electron chi connectivity index (χ1n) is 6.87. The van der Waals surface area contributed by atoms with Gasteiger partial charge in [0.1, 0.15) is 0 Å². The third-order valence-electron chi connectivity index (χ3n) is 3.15. The van der Waals surface area contributed by atoms with Crippen LogP contribution in [-0.4, -0.2) is 23.1 Å². The first-order chi connectivity index (χ1) is 10.4. The highest BCUT2D eigenvalue weighted by Crippen LogP contribution is 2.35. The van der Waals surface area contributed by atoms with E-state index in [-0.39, 0.29) is 11.4 Å². The van der Waals surface area contributed by atoms with Gasteiger partial charge in [-0.1, -0.05) is 18.2 Å². The van der Waals surface area contributed by atoms with E-state index in [1.807, 2.05) is 0 Å². The number of aromatic nitrogens is 2. The molecule has 0 amide bonds. The third-order valence-corrected chi connectivity index (χ3v) is 3.15. The van der Waals surface area contributed by atoms with Gasteiger partial charge in [0.15, 0.2) is 5.82 Å². The molecule has 7 heteroatoms. The van der Waals surface area contributed by atoms with Crippen LogP contribution >= 0.6 is 0 Å². The molecule has 0 spiro atoms. The predicted molar refractivity (Wildman–Crippen MR) is 79.4 cm³/mol. The van der Waals surface area contributed by atoms with Gasteiger partial charge in [-0.15, -0.1) is 0 Å². The highest BCUT2D eigenvalue weighted by Gasteiger charge is 2.34. The number of hydrogen-bond donors (Lipinski definition) is 2. The van der Waals surface area contributed by atoms with E-state index in [9.17, 15) is 13.2 Å². The minimum Gasteiger partial charge on any atom is -0.382 e. The number of rotatable bonds is 5. The second-order valence-electron chi connectivity index (χ2n) is 4.81. The lowest BCUT2D eigenvalue weighted by Gasteiger charge is -2.13. The summed E-state index contributed by atoms with van der Waals surface area (Å²) in [5.74, 6) is 0.0646. The van der Waals surface area contributed by atoms with Crippen molar-refractivity contribution in [3.05, 3.63) is 41.7 Å². The highest BCUT2D eigenvalue weighted by molar-refractivity contribution is 5.62. The molecule has 0 radical (unpaired) electrons. The molecule has 2 aromatic rings. The lowest BCUT2D eigenvalue weighted by Crippen LogP contribution is -2.11. The van der Waals surface area contributed by atoms with Gasteiger partial charge >= 0.3 is 6.18 Å². The largest absolute Gasteiger partial charge is 0.417 e. The van der Waals surface area contributed by atoms with Crippen LogP contribution in [0.25, 0.3) is 11.4 Å². The Kier molecular flexibility index (Phi) is 4.97. The zero-order valence-electron chi connectivity index (χ0n) is 12.1. The van der Waals surface area contributed by atoms with Crippen LogP contribution in [0.2, 0.25) is 0 Å². The van der Waals surface area contributed by atoms with Crippen molar-refractivity contribution in [2.75, 3.05) is 18.4 Å². The number of aryl methyl sites for hydroxylation is 1. The number of nitrogens with one attached hydrogen (secondary N) is 1. The minimum absolute atomic E-state index is 0.0217. The molecular formula is C15H17F3N4. The van der Waals surface area contributed by atoms with Crippen LogP contribution in [0.15, 0.2) is 30.5 Å². The van der Waals surface area contributed by atoms with Gasteiger partial charge in [-0.3, -0.25) is 0 Å². The molecule has 3 N–H and O–H groups in total. The SMILES string of the molecule is Cc1nc(-c2ccccc2C(F)(F)F)ncc1NCCCN. The van der Waals surface area contributed by atoms with Crippen LogP contribution in [0.3, 0.4) is 0 Å².